The van der Waals surface area contributed by atoms with Crippen LogP contribution in [0.3, 0.4) is 0 Å². The van der Waals surface area contributed by atoms with Crippen LogP contribution >= 0.6 is 24.8 Å². The molecule has 0 atom stereocenters. The Morgan fingerprint density at radius 1 is 1.19 bits per heavy atom. The number of imidazole rings is 1. The first kappa shape index (κ1) is 15.0. The lowest BCUT2D eigenvalue weighted by molar-refractivity contribution is 0.924. The van der Waals surface area contributed by atoms with Crippen LogP contribution in [-0.4, -0.2) is 9.55 Å². The molecule has 2 aromatic rings. The van der Waals surface area contributed by atoms with Crippen molar-refractivity contribution in [3.05, 3.63) is 42.2 Å². The van der Waals surface area contributed by atoms with Crippen LogP contribution in [0.15, 0.2) is 36.7 Å². The van der Waals surface area contributed by atoms with Crippen molar-refractivity contribution < 1.29 is 0 Å². The highest BCUT2D eigenvalue weighted by molar-refractivity contribution is 5.85. The lowest BCUT2D eigenvalue weighted by Gasteiger charge is -2.02. The minimum absolute atomic E-state index is 0. The summed E-state index contributed by atoms with van der Waals surface area (Å²) in [6, 6.07) is 8.16. The molecule has 1 aromatic heterocycles. The molecule has 1 aromatic carbocycles. The molecule has 0 aliphatic rings. The molecule has 5 heteroatoms. The monoisotopic (exact) mass is 259 g/mol. The van der Waals surface area contributed by atoms with Crippen molar-refractivity contribution in [3.8, 4) is 11.4 Å². The smallest absolute Gasteiger partial charge is 0.139 e. The van der Waals surface area contributed by atoms with E-state index in [2.05, 4.69) is 4.98 Å². The van der Waals surface area contributed by atoms with E-state index in [9.17, 15) is 0 Å². The summed E-state index contributed by atoms with van der Waals surface area (Å²) in [4.78, 5) is 4.27. The first-order chi connectivity index (χ1) is 6.81. The number of halogens is 2. The van der Waals surface area contributed by atoms with E-state index in [1.165, 1.54) is 0 Å². The molecule has 0 fully saturated rings. The van der Waals surface area contributed by atoms with Gasteiger partial charge in [0.25, 0.3) is 0 Å². The van der Waals surface area contributed by atoms with Gasteiger partial charge < -0.3 is 10.3 Å². The van der Waals surface area contributed by atoms with Crippen molar-refractivity contribution >= 4 is 24.8 Å². The second kappa shape index (κ2) is 6.53. The zero-order chi connectivity index (χ0) is 9.97. The molecule has 0 radical (unpaired) electrons. The van der Waals surface area contributed by atoms with E-state index in [1.54, 1.807) is 6.20 Å². The summed E-state index contributed by atoms with van der Waals surface area (Å²) in [5.74, 6) is 0.980. The first-order valence-corrected chi connectivity index (χ1v) is 4.58. The molecule has 0 amide bonds. The number of aromatic nitrogens is 2. The Morgan fingerprint density at radius 2 is 1.81 bits per heavy atom. The molecule has 0 aliphatic carbocycles. The SMILES string of the molecule is Cl.Cl.Cn1ccnc1-c1ccc(CN)cc1. The minimum Gasteiger partial charge on any atom is -0.334 e. The quantitative estimate of drug-likeness (QED) is 0.901. The Balaban J connectivity index is 0.00000112. The van der Waals surface area contributed by atoms with Crippen LogP contribution in [0.1, 0.15) is 5.56 Å². The number of benzene rings is 1. The standard InChI is InChI=1S/C11H13N3.2ClH/c1-14-7-6-13-11(14)10-4-2-9(8-12)3-5-10;;/h2-7H,8,12H2,1H3;2*1H. The molecule has 16 heavy (non-hydrogen) atoms. The van der Waals surface area contributed by atoms with Crippen LogP contribution in [0.2, 0.25) is 0 Å². The van der Waals surface area contributed by atoms with Crippen molar-refractivity contribution in [3.63, 3.8) is 0 Å². The summed E-state index contributed by atoms with van der Waals surface area (Å²) in [5.41, 5.74) is 7.79. The zero-order valence-corrected chi connectivity index (χ0v) is 10.6. The van der Waals surface area contributed by atoms with Crippen LogP contribution in [0, 0.1) is 0 Å². The van der Waals surface area contributed by atoms with Gasteiger partial charge in [0, 0.05) is 31.5 Å². The zero-order valence-electron chi connectivity index (χ0n) is 8.96. The predicted octanol–water partition coefficient (Wildman–Crippen LogP) is 2.39. The first-order valence-electron chi connectivity index (χ1n) is 4.58. The highest BCUT2D eigenvalue weighted by Gasteiger charge is 2.01. The number of nitrogens with zero attached hydrogens (tertiary/aromatic N) is 2. The van der Waals surface area contributed by atoms with Crippen molar-refractivity contribution in [1.82, 2.24) is 9.55 Å². The fraction of sp³-hybridized carbons (Fsp3) is 0.182. The van der Waals surface area contributed by atoms with E-state index in [4.69, 9.17) is 5.73 Å². The number of rotatable bonds is 2. The molecule has 2 rings (SSSR count). The summed E-state index contributed by atoms with van der Waals surface area (Å²) in [6.07, 6.45) is 3.73. The lowest BCUT2D eigenvalue weighted by Crippen LogP contribution is -1.96. The predicted molar refractivity (Wildman–Crippen MR) is 71.0 cm³/mol. The third kappa shape index (κ3) is 2.98. The Bertz CT molecular complexity index is 423. The molecule has 2 N–H and O–H groups in total. The van der Waals surface area contributed by atoms with Gasteiger partial charge in [0.15, 0.2) is 0 Å². The third-order valence-corrected chi connectivity index (χ3v) is 2.27. The average molecular weight is 260 g/mol. The molecule has 0 saturated carbocycles. The summed E-state index contributed by atoms with van der Waals surface area (Å²) >= 11 is 0. The van der Waals surface area contributed by atoms with Crippen LogP contribution in [0.5, 0.6) is 0 Å². The van der Waals surface area contributed by atoms with Crippen LogP contribution < -0.4 is 5.73 Å². The molecular formula is C11H15Cl2N3. The second-order valence-corrected chi connectivity index (χ2v) is 3.26. The van der Waals surface area contributed by atoms with E-state index in [1.807, 2.05) is 42.1 Å². The maximum Gasteiger partial charge on any atom is 0.139 e. The van der Waals surface area contributed by atoms with Gasteiger partial charge in [-0.05, 0) is 5.56 Å². The topological polar surface area (TPSA) is 43.8 Å². The van der Waals surface area contributed by atoms with Gasteiger partial charge in [-0.15, -0.1) is 24.8 Å². The minimum atomic E-state index is 0. The number of hydrogen-bond donors (Lipinski definition) is 1. The Hall–Kier alpha value is -1.03. The second-order valence-electron chi connectivity index (χ2n) is 3.26. The van der Waals surface area contributed by atoms with Crippen LogP contribution in [0.4, 0.5) is 0 Å². The van der Waals surface area contributed by atoms with E-state index in [-0.39, 0.29) is 24.8 Å². The lowest BCUT2D eigenvalue weighted by atomic mass is 10.1. The normalized spacial score (nSPS) is 9.12. The third-order valence-electron chi connectivity index (χ3n) is 2.27. The molecule has 1 heterocycles. The van der Waals surface area contributed by atoms with Gasteiger partial charge in [0.2, 0.25) is 0 Å². The van der Waals surface area contributed by atoms with Crippen LogP contribution in [-0.2, 0) is 13.6 Å². The Labute approximate surface area is 108 Å². The van der Waals surface area contributed by atoms with E-state index in [0.717, 1.165) is 17.0 Å². The van der Waals surface area contributed by atoms with Gasteiger partial charge in [-0.1, -0.05) is 24.3 Å². The maximum absolute atomic E-state index is 5.53. The van der Waals surface area contributed by atoms with Crippen molar-refractivity contribution in [1.29, 1.82) is 0 Å². The molecule has 0 bridgehead atoms. The van der Waals surface area contributed by atoms with Gasteiger partial charge in [0.05, 0.1) is 0 Å². The fourth-order valence-electron chi connectivity index (χ4n) is 1.43. The summed E-state index contributed by atoms with van der Waals surface area (Å²) in [5, 5.41) is 0. The van der Waals surface area contributed by atoms with E-state index < -0.39 is 0 Å². The van der Waals surface area contributed by atoms with Gasteiger partial charge in [-0.3, -0.25) is 0 Å². The van der Waals surface area contributed by atoms with Crippen molar-refractivity contribution in [2.24, 2.45) is 12.8 Å². The average Bonchev–Trinajstić information content (AvgIpc) is 2.65. The van der Waals surface area contributed by atoms with E-state index in [0.29, 0.717) is 6.54 Å². The molecule has 0 unspecified atom stereocenters. The molecule has 0 saturated heterocycles. The molecule has 88 valence electrons. The van der Waals surface area contributed by atoms with Crippen LogP contribution in [0.25, 0.3) is 11.4 Å². The van der Waals surface area contributed by atoms with Gasteiger partial charge in [-0.25, -0.2) is 4.98 Å². The molecule has 0 aliphatic heterocycles. The van der Waals surface area contributed by atoms with Crippen molar-refractivity contribution in [2.45, 2.75) is 6.54 Å². The van der Waals surface area contributed by atoms with Gasteiger partial charge in [-0.2, -0.15) is 0 Å². The largest absolute Gasteiger partial charge is 0.334 e. The van der Waals surface area contributed by atoms with Crippen molar-refractivity contribution in [2.75, 3.05) is 0 Å². The highest BCUT2D eigenvalue weighted by atomic mass is 35.5. The highest BCUT2D eigenvalue weighted by Crippen LogP contribution is 2.16. The van der Waals surface area contributed by atoms with Gasteiger partial charge >= 0.3 is 0 Å². The van der Waals surface area contributed by atoms with Gasteiger partial charge in [0.1, 0.15) is 5.82 Å². The molecule has 0 spiro atoms. The van der Waals surface area contributed by atoms with E-state index >= 15 is 0 Å². The number of hydrogen-bond acceptors (Lipinski definition) is 2. The molecular weight excluding hydrogens is 245 g/mol. The summed E-state index contributed by atoms with van der Waals surface area (Å²) < 4.78 is 2.00. The number of aryl methyl sites for hydroxylation is 1. The Morgan fingerprint density at radius 3 is 2.25 bits per heavy atom. The summed E-state index contributed by atoms with van der Waals surface area (Å²) in [6.45, 7) is 0.584. The fourth-order valence-corrected chi connectivity index (χ4v) is 1.43. The maximum atomic E-state index is 5.53. The Kier molecular flexibility index (Phi) is 6.11. The summed E-state index contributed by atoms with van der Waals surface area (Å²) in [7, 11) is 1.99. The number of nitrogens with two attached hydrogens (primary N) is 1. The molecule has 3 nitrogen and oxygen atoms in total.